The van der Waals surface area contributed by atoms with Gasteiger partial charge in [-0.3, -0.25) is 4.79 Å². The predicted octanol–water partition coefficient (Wildman–Crippen LogP) is 2.98. The van der Waals surface area contributed by atoms with Gasteiger partial charge >= 0.3 is 0 Å². The van der Waals surface area contributed by atoms with Crippen molar-refractivity contribution in [1.29, 1.82) is 0 Å². The quantitative estimate of drug-likeness (QED) is 0.896. The molecule has 1 amide bonds. The Morgan fingerprint density at radius 3 is 2.30 bits per heavy atom. The lowest BCUT2D eigenvalue weighted by molar-refractivity contribution is 0.0954. The van der Waals surface area contributed by atoms with Gasteiger partial charge in [0.05, 0.1) is 0 Å². The van der Waals surface area contributed by atoms with E-state index < -0.39 is 0 Å². The zero-order valence-corrected chi connectivity index (χ0v) is 11.8. The number of amides is 1. The fourth-order valence-corrected chi connectivity index (χ4v) is 2.20. The second-order valence-corrected chi connectivity index (χ2v) is 4.95. The van der Waals surface area contributed by atoms with Crippen LogP contribution in [0.5, 0.6) is 5.75 Å². The summed E-state index contributed by atoms with van der Waals surface area (Å²) < 4.78 is 0. The molecule has 20 heavy (non-hydrogen) atoms. The molecule has 0 saturated heterocycles. The van der Waals surface area contributed by atoms with Crippen molar-refractivity contribution in [1.82, 2.24) is 5.32 Å². The van der Waals surface area contributed by atoms with E-state index in [0.29, 0.717) is 17.9 Å². The van der Waals surface area contributed by atoms with Crippen molar-refractivity contribution < 1.29 is 9.90 Å². The Hall–Kier alpha value is -2.29. The molecule has 3 nitrogen and oxygen atoms in total. The molecule has 2 aromatic carbocycles. The summed E-state index contributed by atoms with van der Waals surface area (Å²) in [5, 5.41) is 12.6. The molecule has 0 aliphatic heterocycles. The van der Waals surface area contributed by atoms with Crippen LogP contribution in [0.4, 0.5) is 0 Å². The third-order valence-corrected chi connectivity index (χ3v) is 3.29. The lowest BCUT2D eigenvalue weighted by atomic mass is 10.0. The monoisotopic (exact) mass is 269 g/mol. The van der Waals surface area contributed by atoms with Crippen LogP contribution in [0.15, 0.2) is 42.5 Å². The van der Waals surface area contributed by atoms with Gasteiger partial charge in [0.15, 0.2) is 0 Å². The van der Waals surface area contributed by atoms with Crippen molar-refractivity contribution in [2.45, 2.75) is 20.3 Å². The zero-order valence-electron chi connectivity index (χ0n) is 11.8. The molecule has 0 radical (unpaired) electrons. The van der Waals surface area contributed by atoms with Crippen LogP contribution in [-0.4, -0.2) is 17.6 Å². The third-order valence-electron chi connectivity index (χ3n) is 3.29. The minimum atomic E-state index is -0.0576. The highest BCUT2D eigenvalue weighted by Crippen LogP contribution is 2.22. The molecule has 2 aromatic rings. The molecule has 0 heterocycles. The van der Waals surface area contributed by atoms with Gasteiger partial charge in [0.1, 0.15) is 5.75 Å². The summed E-state index contributed by atoms with van der Waals surface area (Å²) in [6, 6.07) is 13.1. The third kappa shape index (κ3) is 3.38. The molecule has 0 aliphatic carbocycles. The Labute approximate surface area is 119 Å². The zero-order chi connectivity index (χ0) is 14.5. The first-order valence-corrected chi connectivity index (χ1v) is 6.70. The fraction of sp³-hybridized carbons (Fsp3) is 0.235. The number of aromatic hydroxyl groups is 1. The van der Waals surface area contributed by atoms with Gasteiger partial charge in [-0.2, -0.15) is 0 Å². The number of rotatable bonds is 4. The fourth-order valence-electron chi connectivity index (χ4n) is 2.20. The van der Waals surface area contributed by atoms with Gasteiger partial charge in [0, 0.05) is 12.1 Å². The molecule has 0 spiro atoms. The van der Waals surface area contributed by atoms with Crippen LogP contribution in [0.2, 0.25) is 0 Å². The van der Waals surface area contributed by atoms with Crippen molar-refractivity contribution in [2.75, 3.05) is 6.54 Å². The minimum absolute atomic E-state index is 0.0576. The second-order valence-electron chi connectivity index (χ2n) is 4.95. The molecule has 0 fully saturated rings. The first kappa shape index (κ1) is 14.1. The SMILES string of the molecule is Cc1cc(CCNC(=O)c2ccccc2)cc(C)c1O. The van der Waals surface area contributed by atoms with Gasteiger partial charge in [-0.25, -0.2) is 0 Å². The standard InChI is InChI=1S/C17H19NO2/c1-12-10-14(11-13(2)16(12)19)8-9-18-17(20)15-6-4-3-5-7-15/h3-7,10-11,19H,8-9H2,1-2H3,(H,18,20). The van der Waals surface area contributed by atoms with E-state index in [9.17, 15) is 9.90 Å². The predicted molar refractivity (Wildman–Crippen MR) is 80.1 cm³/mol. The molecule has 2 N–H and O–H groups in total. The number of carbonyl (C=O) groups is 1. The Balaban J connectivity index is 1.92. The van der Waals surface area contributed by atoms with E-state index >= 15 is 0 Å². The molecule has 0 atom stereocenters. The molecular formula is C17H19NO2. The van der Waals surface area contributed by atoms with Crippen LogP contribution >= 0.6 is 0 Å². The molecule has 0 aliphatic rings. The van der Waals surface area contributed by atoms with Crippen molar-refractivity contribution in [2.24, 2.45) is 0 Å². The van der Waals surface area contributed by atoms with Crippen LogP contribution in [0.1, 0.15) is 27.0 Å². The normalized spacial score (nSPS) is 10.3. The maximum absolute atomic E-state index is 11.9. The maximum atomic E-state index is 11.9. The van der Waals surface area contributed by atoms with Crippen molar-refractivity contribution in [3.63, 3.8) is 0 Å². The Bertz CT molecular complexity index is 583. The average Bonchev–Trinajstić information content (AvgIpc) is 2.45. The van der Waals surface area contributed by atoms with Crippen LogP contribution in [0.25, 0.3) is 0 Å². The molecule has 0 aromatic heterocycles. The molecule has 2 rings (SSSR count). The molecule has 104 valence electrons. The highest BCUT2D eigenvalue weighted by Gasteiger charge is 2.05. The van der Waals surface area contributed by atoms with Crippen LogP contribution in [0.3, 0.4) is 0 Å². The lowest BCUT2D eigenvalue weighted by Gasteiger charge is -2.09. The van der Waals surface area contributed by atoms with Crippen molar-refractivity contribution in [3.05, 3.63) is 64.7 Å². The summed E-state index contributed by atoms with van der Waals surface area (Å²) in [6.45, 7) is 4.35. The minimum Gasteiger partial charge on any atom is -0.507 e. The summed E-state index contributed by atoms with van der Waals surface area (Å²) in [5.41, 5.74) is 3.53. The van der Waals surface area contributed by atoms with E-state index in [1.165, 1.54) is 0 Å². The first-order chi connectivity index (χ1) is 9.58. The van der Waals surface area contributed by atoms with Crippen LogP contribution in [0, 0.1) is 13.8 Å². The van der Waals surface area contributed by atoms with E-state index in [2.05, 4.69) is 5.32 Å². The largest absolute Gasteiger partial charge is 0.507 e. The van der Waals surface area contributed by atoms with Gasteiger partial charge in [-0.15, -0.1) is 0 Å². The topological polar surface area (TPSA) is 49.3 Å². The van der Waals surface area contributed by atoms with Crippen molar-refractivity contribution in [3.8, 4) is 5.75 Å². The Morgan fingerprint density at radius 2 is 1.70 bits per heavy atom. The number of hydrogen-bond acceptors (Lipinski definition) is 2. The van der Waals surface area contributed by atoms with E-state index in [1.807, 2.05) is 44.2 Å². The number of aryl methyl sites for hydroxylation is 2. The van der Waals surface area contributed by atoms with Crippen LogP contribution in [-0.2, 0) is 6.42 Å². The number of carbonyl (C=O) groups excluding carboxylic acids is 1. The van der Waals surface area contributed by atoms with Gasteiger partial charge < -0.3 is 10.4 Å². The van der Waals surface area contributed by atoms with E-state index in [0.717, 1.165) is 23.1 Å². The highest BCUT2D eigenvalue weighted by molar-refractivity contribution is 5.94. The van der Waals surface area contributed by atoms with Gasteiger partial charge in [-0.05, 0) is 49.1 Å². The van der Waals surface area contributed by atoms with Gasteiger partial charge in [0.2, 0.25) is 0 Å². The molecule has 3 heteroatoms. The molecule has 0 saturated carbocycles. The van der Waals surface area contributed by atoms with Gasteiger partial charge in [0.25, 0.3) is 5.91 Å². The summed E-state index contributed by atoms with van der Waals surface area (Å²) in [4.78, 5) is 11.9. The van der Waals surface area contributed by atoms with Crippen molar-refractivity contribution >= 4 is 5.91 Å². The Morgan fingerprint density at radius 1 is 1.10 bits per heavy atom. The van der Waals surface area contributed by atoms with Gasteiger partial charge in [-0.1, -0.05) is 30.3 Å². The number of phenols is 1. The summed E-state index contributed by atoms with van der Waals surface area (Å²) in [6.07, 6.45) is 0.751. The average molecular weight is 269 g/mol. The lowest BCUT2D eigenvalue weighted by Crippen LogP contribution is -2.25. The Kier molecular flexibility index (Phi) is 4.41. The van der Waals surface area contributed by atoms with Crippen LogP contribution < -0.4 is 5.32 Å². The van der Waals surface area contributed by atoms with E-state index in [-0.39, 0.29) is 5.91 Å². The number of benzene rings is 2. The summed E-state index contributed by atoms with van der Waals surface area (Å²) in [7, 11) is 0. The second kappa shape index (κ2) is 6.24. The molecular weight excluding hydrogens is 250 g/mol. The van der Waals surface area contributed by atoms with E-state index in [1.54, 1.807) is 12.1 Å². The smallest absolute Gasteiger partial charge is 0.251 e. The summed E-state index contributed by atoms with van der Waals surface area (Å²) >= 11 is 0. The number of phenolic OH excluding ortho intramolecular Hbond substituents is 1. The first-order valence-electron chi connectivity index (χ1n) is 6.70. The highest BCUT2D eigenvalue weighted by atomic mass is 16.3. The molecule has 0 bridgehead atoms. The number of hydrogen-bond donors (Lipinski definition) is 2. The van der Waals surface area contributed by atoms with E-state index in [4.69, 9.17) is 0 Å². The summed E-state index contributed by atoms with van der Waals surface area (Å²) in [5.74, 6) is 0.292. The molecule has 0 unspecified atom stereocenters. The maximum Gasteiger partial charge on any atom is 0.251 e. The number of nitrogens with one attached hydrogen (secondary N) is 1.